The predicted octanol–water partition coefficient (Wildman–Crippen LogP) is 3.94. The Morgan fingerprint density at radius 1 is 1.33 bits per heavy atom. The van der Waals surface area contributed by atoms with Crippen LogP contribution in [0.2, 0.25) is 10.0 Å². The summed E-state index contributed by atoms with van der Waals surface area (Å²) in [6.45, 7) is 0. The molecule has 3 aromatic rings. The van der Waals surface area contributed by atoms with E-state index in [2.05, 4.69) is 20.6 Å². The van der Waals surface area contributed by atoms with E-state index in [1.165, 1.54) is 11.3 Å². The molecule has 1 aromatic carbocycles. The molecule has 24 heavy (non-hydrogen) atoms. The summed E-state index contributed by atoms with van der Waals surface area (Å²) in [6.07, 6.45) is 3.15. The van der Waals surface area contributed by atoms with Crippen molar-refractivity contribution in [1.29, 1.82) is 0 Å². The van der Waals surface area contributed by atoms with Crippen molar-refractivity contribution in [2.45, 2.75) is 31.6 Å². The second-order valence-electron chi connectivity index (χ2n) is 5.67. The third-order valence-electron chi connectivity index (χ3n) is 3.79. The molecule has 2 aromatic heterocycles. The molecule has 0 bridgehead atoms. The molecule has 0 aliphatic heterocycles. The normalized spacial score (nSPS) is 14.2. The molecule has 1 amide bonds. The lowest BCUT2D eigenvalue weighted by Crippen LogP contribution is -2.12. The van der Waals surface area contributed by atoms with Crippen molar-refractivity contribution < 1.29 is 4.79 Å². The van der Waals surface area contributed by atoms with E-state index in [-0.39, 0.29) is 5.91 Å². The number of amides is 1. The zero-order valence-electron chi connectivity index (χ0n) is 12.5. The van der Waals surface area contributed by atoms with E-state index >= 15 is 0 Å². The average molecular weight is 382 g/mol. The van der Waals surface area contributed by atoms with Crippen LogP contribution in [0.4, 0.5) is 5.69 Å². The largest absolute Gasteiger partial charge is 0.325 e. The highest BCUT2D eigenvalue weighted by atomic mass is 35.5. The highest BCUT2D eigenvalue weighted by Gasteiger charge is 2.30. The topological polar surface area (TPSA) is 72.2 Å². The molecular weight excluding hydrogens is 369 g/mol. The Bertz CT molecular complexity index is 918. The zero-order chi connectivity index (χ0) is 16.7. The van der Waals surface area contributed by atoms with Crippen molar-refractivity contribution in [3.8, 4) is 0 Å². The van der Waals surface area contributed by atoms with Crippen molar-refractivity contribution in [2.24, 2.45) is 0 Å². The van der Waals surface area contributed by atoms with Gasteiger partial charge in [0.05, 0.1) is 15.7 Å². The fourth-order valence-electron chi connectivity index (χ4n) is 2.40. The summed E-state index contributed by atoms with van der Waals surface area (Å²) in [4.78, 5) is 12.9. The number of carbonyl (C=O) groups is 1. The molecule has 1 N–H and O–H groups in total. The molecule has 2 heterocycles. The van der Waals surface area contributed by atoms with Gasteiger partial charge in [-0.25, -0.2) is 0 Å². The highest BCUT2D eigenvalue weighted by molar-refractivity contribution is 7.16. The van der Waals surface area contributed by atoms with Gasteiger partial charge in [0, 0.05) is 18.8 Å². The Kier molecular flexibility index (Phi) is 4.15. The van der Waals surface area contributed by atoms with Gasteiger partial charge >= 0.3 is 0 Å². The molecule has 1 fully saturated rings. The first-order valence-corrected chi connectivity index (χ1v) is 9.14. The van der Waals surface area contributed by atoms with Gasteiger partial charge in [-0.1, -0.05) is 40.6 Å². The lowest BCUT2D eigenvalue weighted by Gasteiger charge is -2.07. The molecule has 0 spiro atoms. The van der Waals surface area contributed by atoms with E-state index < -0.39 is 0 Å². The Morgan fingerprint density at radius 2 is 2.17 bits per heavy atom. The number of hydrogen-bond donors (Lipinski definition) is 1. The minimum Gasteiger partial charge on any atom is -0.325 e. The van der Waals surface area contributed by atoms with Crippen LogP contribution in [0.1, 0.15) is 36.0 Å². The Labute approximate surface area is 151 Å². The maximum absolute atomic E-state index is 12.1. The number of aromatic nitrogens is 4. The monoisotopic (exact) mass is 381 g/mol. The van der Waals surface area contributed by atoms with E-state index in [0.29, 0.717) is 34.5 Å². The standard InChI is InChI=1S/C15H13Cl2N5OS/c16-9-2-1-3-10(13(9)17)18-11(23)6-7-12-21-22-14(8-4-5-8)19-20-15(22)24-12/h1-3,8H,4-7H2,(H,18,23). The molecular formula is C15H13Cl2N5OS. The van der Waals surface area contributed by atoms with Crippen molar-refractivity contribution >= 4 is 51.1 Å². The molecule has 9 heteroatoms. The van der Waals surface area contributed by atoms with Gasteiger partial charge in [0.1, 0.15) is 5.01 Å². The van der Waals surface area contributed by atoms with Gasteiger partial charge in [-0.3, -0.25) is 4.79 Å². The van der Waals surface area contributed by atoms with Gasteiger partial charge in [0.15, 0.2) is 5.82 Å². The van der Waals surface area contributed by atoms with Crippen LogP contribution in [-0.4, -0.2) is 25.7 Å². The van der Waals surface area contributed by atoms with Crippen molar-refractivity contribution in [2.75, 3.05) is 5.32 Å². The number of fused-ring (bicyclic) bond motifs is 1. The smallest absolute Gasteiger partial charge is 0.234 e. The Hall–Kier alpha value is -1.70. The third kappa shape index (κ3) is 3.11. The number of nitrogens with one attached hydrogen (secondary N) is 1. The number of carbonyl (C=O) groups excluding carboxylic acids is 1. The van der Waals surface area contributed by atoms with E-state index in [0.717, 1.165) is 28.6 Å². The second-order valence-corrected chi connectivity index (χ2v) is 7.50. The zero-order valence-corrected chi connectivity index (χ0v) is 14.8. The summed E-state index contributed by atoms with van der Waals surface area (Å²) in [5.41, 5.74) is 0.517. The average Bonchev–Trinajstić information content (AvgIpc) is 3.19. The lowest BCUT2D eigenvalue weighted by molar-refractivity contribution is -0.116. The quantitative estimate of drug-likeness (QED) is 0.726. The fraction of sp³-hybridized carbons (Fsp3) is 0.333. The SMILES string of the molecule is O=C(CCc1nn2c(C3CC3)nnc2s1)Nc1cccc(Cl)c1Cl. The molecule has 1 aliphatic rings. The van der Waals surface area contributed by atoms with Crippen LogP contribution in [0.3, 0.4) is 0 Å². The number of anilines is 1. The van der Waals surface area contributed by atoms with Crippen molar-refractivity contribution in [1.82, 2.24) is 19.8 Å². The summed E-state index contributed by atoms with van der Waals surface area (Å²) < 4.78 is 1.81. The van der Waals surface area contributed by atoms with Crippen LogP contribution < -0.4 is 5.32 Å². The number of benzene rings is 1. The first-order chi connectivity index (χ1) is 11.6. The first-order valence-electron chi connectivity index (χ1n) is 7.56. The molecule has 0 saturated heterocycles. The third-order valence-corrected chi connectivity index (χ3v) is 5.57. The van der Waals surface area contributed by atoms with Gasteiger partial charge in [0.2, 0.25) is 10.9 Å². The van der Waals surface area contributed by atoms with Gasteiger partial charge < -0.3 is 5.32 Å². The van der Waals surface area contributed by atoms with E-state index in [1.54, 1.807) is 18.2 Å². The fourth-order valence-corrected chi connectivity index (χ4v) is 3.59. The van der Waals surface area contributed by atoms with Crippen LogP contribution >= 0.6 is 34.5 Å². The molecule has 1 saturated carbocycles. The molecule has 1 aliphatic carbocycles. The summed E-state index contributed by atoms with van der Waals surface area (Å²) in [6, 6.07) is 5.14. The molecule has 0 atom stereocenters. The van der Waals surface area contributed by atoms with Crippen LogP contribution in [0.15, 0.2) is 18.2 Å². The molecule has 0 radical (unpaired) electrons. The summed E-state index contributed by atoms with van der Waals surface area (Å²) in [5.74, 6) is 1.29. The minimum atomic E-state index is -0.132. The number of nitrogens with zero attached hydrogens (tertiary/aromatic N) is 4. The van der Waals surface area contributed by atoms with E-state index in [1.807, 2.05) is 4.52 Å². The van der Waals surface area contributed by atoms with E-state index in [4.69, 9.17) is 23.2 Å². The van der Waals surface area contributed by atoms with Crippen molar-refractivity contribution in [3.63, 3.8) is 0 Å². The van der Waals surface area contributed by atoms with Gasteiger partial charge in [-0.2, -0.15) is 9.61 Å². The summed E-state index contributed by atoms with van der Waals surface area (Å²) in [7, 11) is 0. The second kappa shape index (κ2) is 6.31. The highest BCUT2D eigenvalue weighted by Crippen LogP contribution is 2.39. The minimum absolute atomic E-state index is 0.132. The lowest BCUT2D eigenvalue weighted by atomic mass is 10.2. The van der Waals surface area contributed by atoms with Crippen LogP contribution in [0, 0.1) is 0 Å². The maximum atomic E-state index is 12.1. The molecule has 4 rings (SSSR count). The van der Waals surface area contributed by atoms with Crippen LogP contribution in [-0.2, 0) is 11.2 Å². The first kappa shape index (κ1) is 15.8. The summed E-state index contributed by atoms with van der Waals surface area (Å²) in [5, 5.41) is 17.3. The van der Waals surface area contributed by atoms with Crippen molar-refractivity contribution in [3.05, 3.63) is 39.1 Å². The number of halogens is 2. The summed E-state index contributed by atoms with van der Waals surface area (Å²) >= 11 is 13.5. The molecule has 0 unspecified atom stereocenters. The Morgan fingerprint density at radius 3 is 2.96 bits per heavy atom. The van der Waals surface area contributed by atoms with Gasteiger partial charge in [-0.15, -0.1) is 10.2 Å². The van der Waals surface area contributed by atoms with E-state index in [9.17, 15) is 4.79 Å². The predicted molar refractivity (Wildman–Crippen MR) is 94.0 cm³/mol. The molecule has 124 valence electrons. The van der Waals surface area contributed by atoms with Gasteiger partial charge in [-0.05, 0) is 25.0 Å². The Balaban J connectivity index is 1.41. The number of hydrogen-bond acceptors (Lipinski definition) is 5. The maximum Gasteiger partial charge on any atom is 0.234 e. The van der Waals surface area contributed by atoms with Crippen LogP contribution in [0.25, 0.3) is 4.96 Å². The molecule has 6 nitrogen and oxygen atoms in total. The van der Waals surface area contributed by atoms with Gasteiger partial charge in [0.25, 0.3) is 0 Å². The number of aryl methyl sites for hydroxylation is 1. The number of rotatable bonds is 5. The van der Waals surface area contributed by atoms with Crippen LogP contribution in [0.5, 0.6) is 0 Å².